The quantitative estimate of drug-likeness (QED) is 0.0604. The van der Waals surface area contributed by atoms with Crippen LogP contribution in [0.1, 0.15) is 78.2 Å². The van der Waals surface area contributed by atoms with Crippen molar-refractivity contribution in [3.63, 3.8) is 0 Å². The van der Waals surface area contributed by atoms with E-state index < -0.39 is 30.6 Å². The predicted molar refractivity (Wildman–Crippen MR) is 176 cm³/mol. The molecular weight excluding hydrogens is 660 g/mol. The molecule has 4 heterocycles. The summed E-state index contributed by atoms with van der Waals surface area (Å²) in [7, 11) is 0. The molecule has 0 aliphatic heterocycles. The molecule has 0 amide bonds. The summed E-state index contributed by atoms with van der Waals surface area (Å²) in [6.45, 7) is 6.37. The number of nitrogens with two attached hydrogens (primary N) is 2. The van der Waals surface area contributed by atoms with E-state index in [2.05, 4.69) is 39.9 Å². The Labute approximate surface area is 283 Å². The summed E-state index contributed by atoms with van der Waals surface area (Å²) in [5, 5.41) is 47.5. The van der Waals surface area contributed by atoms with Crippen LogP contribution < -0.4 is 11.5 Å². The standard InChI is InChI=1S/C28H40N14O8/c1-15-31-19(23(35-15)39(43)44)5-9-27(13-14-29,10-6-20-24(40(45)46)36-16(2)32-20)28(30,11-7-21-25(41(47)48)37-17(3)33-21)12-8-22-26(42(49)50)38-18(4)34-22/h5-14,29-30H2,1-4H3,(H,31,35)(H,32,36)(H,33,37)(H,34,38). The molecule has 0 saturated carbocycles. The first-order valence-corrected chi connectivity index (χ1v) is 15.8. The molecule has 8 N–H and O–H groups in total. The van der Waals surface area contributed by atoms with Gasteiger partial charge in [-0.05, 0) is 76.6 Å². The number of aromatic nitrogens is 8. The highest BCUT2D eigenvalue weighted by Gasteiger charge is 2.48. The lowest BCUT2D eigenvalue weighted by molar-refractivity contribution is -0.390. The number of nitrogens with zero attached hydrogens (tertiary/aromatic N) is 8. The van der Waals surface area contributed by atoms with Crippen LogP contribution in [0.3, 0.4) is 0 Å². The van der Waals surface area contributed by atoms with E-state index in [1.807, 2.05) is 0 Å². The maximum atomic E-state index is 11.9. The maximum absolute atomic E-state index is 11.9. The number of hydrogen-bond acceptors (Lipinski definition) is 14. The molecule has 0 aliphatic rings. The van der Waals surface area contributed by atoms with Gasteiger partial charge in [0.2, 0.25) is 0 Å². The van der Waals surface area contributed by atoms with E-state index in [4.69, 9.17) is 11.5 Å². The minimum atomic E-state index is -1.35. The summed E-state index contributed by atoms with van der Waals surface area (Å²) in [5.74, 6) is 0.0582. The maximum Gasteiger partial charge on any atom is 0.343 e. The van der Waals surface area contributed by atoms with Gasteiger partial charge in [0, 0.05) is 46.1 Å². The van der Waals surface area contributed by atoms with Gasteiger partial charge < -0.3 is 51.9 Å². The number of aromatic amines is 4. The number of hydrogen-bond donors (Lipinski definition) is 6. The topological polar surface area (TPSA) is 339 Å². The van der Waals surface area contributed by atoms with Gasteiger partial charge >= 0.3 is 23.3 Å². The van der Waals surface area contributed by atoms with E-state index in [9.17, 15) is 40.5 Å². The van der Waals surface area contributed by atoms with Gasteiger partial charge in [-0.2, -0.15) is 0 Å². The van der Waals surface area contributed by atoms with Crippen LogP contribution in [0.5, 0.6) is 0 Å². The number of imidazole rings is 4. The van der Waals surface area contributed by atoms with Crippen LogP contribution in [-0.2, 0) is 25.7 Å². The van der Waals surface area contributed by atoms with E-state index >= 15 is 0 Å². The number of aryl methyl sites for hydroxylation is 8. The van der Waals surface area contributed by atoms with Crippen molar-refractivity contribution in [2.45, 2.75) is 91.0 Å². The van der Waals surface area contributed by atoms with Crippen LogP contribution in [0, 0.1) is 73.6 Å². The number of rotatable bonds is 19. The Bertz CT molecular complexity index is 1760. The molecular formula is C28H40N14O8. The molecule has 0 radical (unpaired) electrons. The highest BCUT2D eigenvalue weighted by Crippen LogP contribution is 2.48. The van der Waals surface area contributed by atoms with Crippen molar-refractivity contribution in [3.8, 4) is 0 Å². The van der Waals surface area contributed by atoms with E-state index in [1.165, 1.54) is 0 Å². The second-order valence-electron chi connectivity index (χ2n) is 12.5. The molecule has 0 aliphatic carbocycles. The van der Waals surface area contributed by atoms with Crippen LogP contribution in [0.2, 0.25) is 0 Å². The summed E-state index contributed by atoms with van der Waals surface area (Å²) in [4.78, 5) is 73.0. The molecule has 4 rings (SSSR count). The molecule has 22 nitrogen and oxygen atoms in total. The zero-order valence-electron chi connectivity index (χ0n) is 28.1. The molecule has 0 saturated heterocycles. The lowest BCUT2D eigenvalue weighted by Gasteiger charge is -2.50. The Morgan fingerprint density at radius 3 is 1.02 bits per heavy atom. The smallest absolute Gasteiger partial charge is 0.343 e. The van der Waals surface area contributed by atoms with Crippen molar-refractivity contribution in [2.24, 2.45) is 16.9 Å². The van der Waals surface area contributed by atoms with Crippen LogP contribution >= 0.6 is 0 Å². The van der Waals surface area contributed by atoms with E-state index in [-0.39, 0.29) is 110 Å². The van der Waals surface area contributed by atoms with Crippen molar-refractivity contribution in [1.82, 2.24) is 39.9 Å². The first-order chi connectivity index (χ1) is 23.5. The Morgan fingerprint density at radius 2 is 0.780 bits per heavy atom. The van der Waals surface area contributed by atoms with Crippen molar-refractivity contribution >= 4 is 23.3 Å². The van der Waals surface area contributed by atoms with Crippen LogP contribution in [0.25, 0.3) is 0 Å². The van der Waals surface area contributed by atoms with Gasteiger partial charge in [0.05, 0.1) is 0 Å². The average molecular weight is 701 g/mol. The molecule has 0 aromatic carbocycles. The van der Waals surface area contributed by atoms with Crippen LogP contribution in [-0.4, -0.2) is 71.6 Å². The van der Waals surface area contributed by atoms with Crippen molar-refractivity contribution < 1.29 is 19.7 Å². The zero-order valence-corrected chi connectivity index (χ0v) is 28.1. The van der Waals surface area contributed by atoms with Gasteiger partial charge in [-0.1, -0.05) is 0 Å². The Balaban J connectivity index is 1.85. The molecule has 270 valence electrons. The Morgan fingerprint density at radius 1 is 0.520 bits per heavy atom. The first kappa shape index (κ1) is 37.2. The summed E-state index contributed by atoms with van der Waals surface area (Å²) in [5.41, 5.74) is 11.9. The molecule has 0 spiro atoms. The lowest BCUT2D eigenvalue weighted by Crippen LogP contribution is -2.57. The summed E-state index contributed by atoms with van der Waals surface area (Å²) >= 11 is 0. The number of H-pyrrole nitrogens is 4. The van der Waals surface area contributed by atoms with E-state index in [0.717, 1.165) is 0 Å². The molecule has 0 atom stereocenters. The number of nitro groups is 4. The van der Waals surface area contributed by atoms with Gasteiger partial charge in [0.15, 0.2) is 23.3 Å². The SMILES string of the molecule is Cc1nc(CCC(N)(CCc2nc(C)[nH]c2[N+](=O)[O-])C(CCN)(CCc2nc(C)[nH]c2[N+](=O)[O-])CCc2nc(C)[nH]c2[N+](=O)[O-])c([N+](=O)[O-])[nH]1. The van der Waals surface area contributed by atoms with Gasteiger partial charge in [-0.3, -0.25) is 0 Å². The fourth-order valence-corrected chi connectivity index (χ4v) is 6.86. The minimum absolute atomic E-state index is 0.00842. The molecule has 50 heavy (non-hydrogen) atoms. The fraction of sp³-hybridized carbons (Fsp3) is 0.571. The highest BCUT2D eigenvalue weighted by molar-refractivity contribution is 5.32. The fourth-order valence-electron chi connectivity index (χ4n) is 6.86. The monoisotopic (exact) mass is 700 g/mol. The first-order valence-electron chi connectivity index (χ1n) is 15.8. The molecule has 4 aromatic rings. The second-order valence-corrected chi connectivity index (χ2v) is 12.5. The third-order valence-corrected chi connectivity index (χ3v) is 9.21. The summed E-state index contributed by atoms with van der Waals surface area (Å²) in [6.07, 6.45) is 0.718. The van der Waals surface area contributed by atoms with E-state index in [1.54, 1.807) is 27.7 Å². The summed E-state index contributed by atoms with van der Waals surface area (Å²) in [6, 6.07) is 0. The number of nitrogens with one attached hydrogen (secondary N) is 4. The lowest BCUT2D eigenvalue weighted by atomic mass is 9.59. The largest absolute Gasteiger partial charge is 0.358 e. The third-order valence-electron chi connectivity index (χ3n) is 9.21. The normalized spacial score (nSPS) is 12.0. The predicted octanol–water partition coefficient (Wildman–Crippen LogP) is 3.31. The van der Waals surface area contributed by atoms with Gasteiger partial charge in [0.25, 0.3) is 0 Å². The van der Waals surface area contributed by atoms with Crippen molar-refractivity contribution in [1.29, 1.82) is 0 Å². The molecule has 0 fully saturated rings. The van der Waals surface area contributed by atoms with Crippen LogP contribution in [0.4, 0.5) is 23.3 Å². The zero-order chi connectivity index (χ0) is 37.0. The average Bonchev–Trinajstić information content (AvgIpc) is 3.81. The minimum Gasteiger partial charge on any atom is -0.358 e. The van der Waals surface area contributed by atoms with Crippen LogP contribution in [0.15, 0.2) is 0 Å². The second kappa shape index (κ2) is 14.9. The van der Waals surface area contributed by atoms with Gasteiger partial charge in [0.1, 0.15) is 22.8 Å². The van der Waals surface area contributed by atoms with Gasteiger partial charge in [-0.25, -0.2) is 39.9 Å². The van der Waals surface area contributed by atoms with Gasteiger partial charge in [-0.15, -0.1) is 0 Å². The van der Waals surface area contributed by atoms with Crippen molar-refractivity contribution in [3.05, 3.63) is 86.5 Å². The Hall–Kier alpha value is -5.64. The molecule has 22 heteroatoms. The Kier molecular flexibility index (Phi) is 11.1. The summed E-state index contributed by atoms with van der Waals surface area (Å²) < 4.78 is 0. The molecule has 0 bridgehead atoms. The van der Waals surface area contributed by atoms with E-state index in [0.29, 0.717) is 23.3 Å². The highest BCUT2D eigenvalue weighted by atomic mass is 16.6. The van der Waals surface area contributed by atoms with Crippen molar-refractivity contribution in [2.75, 3.05) is 6.54 Å². The molecule has 4 aromatic heterocycles. The molecule has 0 unspecified atom stereocenters. The third kappa shape index (κ3) is 7.97.